The van der Waals surface area contributed by atoms with Gasteiger partial charge in [0.2, 0.25) is 5.76 Å². The van der Waals surface area contributed by atoms with E-state index >= 15 is 0 Å². The van der Waals surface area contributed by atoms with E-state index in [0.717, 1.165) is 8.47 Å². The Hall–Kier alpha value is -2.24. The van der Waals surface area contributed by atoms with Gasteiger partial charge in [-0.1, -0.05) is 0 Å². The first-order valence-corrected chi connectivity index (χ1v) is 9.27. The van der Waals surface area contributed by atoms with Crippen molar-refractivity contribution in [1.29, 1.82) is 0 Å². The van der Waals surface area contributed by atoms with E-state index in [1.54, 1.807) is 18.2 Å². The fraction of sp³-hybridized carbons (Fsp3) is 0.222. The molecule has 4 rings (SSSR count). The van der Waals surface area contributed by atoms with E-state index < -0.39 is 24.1 Å². The monoisotopic (exact) mass is 483 g/mol. The topological polar surface area (TPSA) is 98.8 Å². The molecule has 1 aliphatic heterocycles. The third-order valence-electron chi connectivity index (χ3n) is 4.39. The van der Waals surface area contributed by atoms with Gasteiger partial charge in [-0.3, -0.25) is 9.78 Å². The molecule has 27 heavy (non-hydrogen) atoms. The third-order valence-corrected chi connectivity index (χ3v) is 5.06. The minimum absolute atomic E-state index is 0.00731. The molecule has 1 unspecified atom stereocenters. The van der Waals surface area contributed by atoms with Crippen molar-refractivity contribution in [2.24, 2.45) is 0 Å². The van der Waals surface area contributed by atoms with Crippen molar-refractivity contribution < 1.29 is 23.8 Å². The van der Waals surface area contributed by atoms with Crippen LogP contribution in [0.25, 0.3) is 11.0 Å². The molecule has 0 aliphatic carbocycles. The number of amides is 1. The Morgan fingerprint density at radius 1 is 1.37 bits per heavy atom. The third kappa shape index (κ3) is 3.37. The highest BCUT2D eigenvalue weighted by atomic mass is 127. The van der Waals surface area contributed by atoms with Crippen LogP contribution in [-0.2, 0) is 0 Å². The molecule has 0 radical (unpaired) electrons. The summed E-state index contributed by atoms with van der Waals surface area (Å²) in [5.41, 5.74) is 0.839. The van der Waals surface area contributed by atoms with Crippen LogP contribution in [0.5, 0.6) is 0 Å². The van der Waals surface area contributed by atoms with Gasteiger partial charge in [0, 0.05) is 28.9 Å². The number of nitrogens with zero attached hydrogens (tertiary/aromatic N) is 2. The molecule has 140 valence electrons. The van der Waals surface area contributed by atoms with Gasteiger partial charge < -0.3 is 24.8 Å². The first-order chi connectivity index (χ1) is 12.9. The van der Waals surface area contributed by atoms with E-state index in [4.69, 9.17) is 4.42 Å². The SMILES string of the molecule is O=C(c1oc2ccncc2c1Nc1ccc(I)cc1F)N1C[C@H](O)CC1O. The lowest BCUT2D eigenvalue weighted by Gasteiger charge is -2.19. The van der Waals surface area contributed by atoms with Crippen LogP contribution >= 0.6 is 22.6 Å². The van der Waals surface area contributed by atoms with Crippen molar-refractivity contribution in [2.45, 2.75) is 18.8 Å². The molecular formula is C18H15FIN3O4. The molecule has 1 saturated heterocycles. The fourth-order valence-electron chi connectivity index (χ4n) is 3.08. The number of nitrogens with one attached hydrogen (secondary N) is 1. The molecule has 1 amide bonds. The van der Waals surface area contributed by atoms with E-state index in [2.05, 4.69) is 10.3 Å². The van der Waals surface area contributed by atoms with Crippen molar-refractivity contribution in [2.75, 3.05) is 11.9 Å². The molecule has 1 aromatic carbocycles. The number of likely N-dealkylation sites (tertiary alicyclic amines) is 1. The number of carbonyl (C=O) groups is 1. The van der Waals surface area contributed by atoms with E-state index in [1.165, 1.54) is 18.5 Å². The summed E-state index contributed by atoms with van der Waals surface area (Å²) in [6.07, 6.45) is 1.19. The highest BCUT2D eigenvalue weighted by molar-refractivity contribution is 14.1. The smallest absolute Gasteiger partial charge is 0.293 e. The molecule has 2 aromatic heterocycles. The van der Waals surface area contributed by atoms with E-state index in [-0.39, 0.29) is 30.1 Å². The van der Waals surface area contributed by atoms with Crippen LogP contribution in [-0.4, -0.2) is 44.9 Å². The number of halogens is 2. The lowest BCUT2D eigenvalue weighted by molar-refractivity contribution is 0.0270. The minimum atomic E-state index is -1.11. The number of carbonyl (C=O) groups excluding carboxylic acids is 1. The average molecular weight is 483 g/mol. The summed E-state index contributed by atoms with van der Waals surface area (Å²) in [6.45, 7) is -0.00731. The second-order valence-electron chi connectivity index (χ2n) is 6.25. The lowest BCUT2D eigenvalue weighted by atomic mass is 10.2. The number of pyridine rings is 1. The molecule has 0 saturated carbocycles. The zero-order chi connectivity index (χ0) is 19.1. The van der Waals surface area contributed by atoms with Crippen molar-refractivity contribution in [1.82, 2.24) is 9.88 Å². The first-order valence-electron chi connectivity index (χ1n) is 8.19. The maximum absolute atomic E-state index is 14.3. The Morgan fingerprint density at radius 2 is 2.19 bits per heavy atom. The number of furan rings is 1. The molecule has 2 atom stereocenters. The van der Waals surface area contributed by atoms with Crippen LogP contribution in [0.2, 0.25) is 0 Å². The molecule has 1 fully saturated rings. The van der Waals surface area contributed by atoms with Gasteiger partial charge in [0.1, 0.15) is 23.3 Å². The number of aromatic nitrogens is 1. The first kappa shape index (κ1) is 18.1. The Labute approximate surface area is 166 Å². The van der Waals surface area contributed by atoms with Gasteiger partial charge in [0.25, 0.3) is 5.91 Å². The Bertz CT molecular complexity index is 1030. The zero-order valence-electron chi connectivity index (χ0n) is 13.9. The number of β-amino-alcohol motifs (C(OH)–C–C–N with tert-alkyl or cyclic N) is 1. The highest BCUT2D eigenvalue weighted by Crippen LogP contribution is 2.35. The van der Waals surface area contributed by atoms with Crippen LogP contribution in [0.15, 0.2) is 41.1 Å². The predicted octanol–water partition coefficient (Wildman–Crippen LogP) is 2.84. The molecule has 3 aromatic rings. The van der Waals surface area contributed by atoms with Gasteiger partial charge in [-0.05, 0) is 46.9 Å². The van der Waals surface area contributed by atoms with Crippen molar-refractivity contribution >= 4 is 50.8 Å². The molecule has 7 nitrogen and oxygen atoms in total. The number of anilines is 2. The summed E-state index contributed by atoms with van der Waals surface area (Å²) >= 11 is 2.00. The van der Waals surface area contributed by atoms with Gasteiger partial charge in [0.15, 0.2) is 0 Å². The maximum atomic E-state index is 14.3. The Kier molecular flexibility index (Phi) is 4.74. The molecule has 0 bridgehead atoms. The molecule has 9 heteroatoms. The number of benzene rings is 1. The number of aliphatic hydroxyl groups is 2. The van der Waals surface area contributed by atoms with Crippen LogP contribution < -0.4 is 5.32 Å². The highest BCUT2D eigenvalue weighted by Gasteiger charge is 2.36. The number of rotatable bonds is 3. The van der Waals surface area contributed by atoms with Gasteiger partial charge in [-0.15, -0.1) is 0 Å². The van der Waals surface area contributed by atoms with Crippen molar-refractivity contribution in [3.05, 3.63) is 51.8 Å². The number of fused-ring (bicyclic) bond motifs is 1. The van der Waals surface area contributed by atoms with E-state index in [9.17, 15) is 19.4 Å². The summed E-state index contributed by atoms with van der Waals surface area (Å²) in [6, 6.07) is 6.26. The van der Waals surface area contributed by atoms with Gasteiger partial charge in [-0.2, -0.15) is 0 Å². The van der Waals surface area contributed by atoms with Gasteiger partial charge >= 0.3 is 0 Å². The van der Waals surface area contributed by atoms with Crippen LogP contribution in [0.3, 0.4) is 0 Å². The summed E-state index contributed by atoms with van der Waals surface area (Å²) in [5.74, 6) is -1.15. The summed E-state index contributed by atoms with van der Waals surface area (Å²) in [4.78, 5) is 18.1. The number of aliphatic hydroxyl groups excluding tert-OH is 2. The molecule has 0 spiro atoms. The normalized spacial score (nSPS) is 19.6. The number of hydrogen-bond acceptors (Lipinski definition) is 6. The molecule has 1 aliphatic rings. The second kappa shape index (κ2) is 7.06. The standard InChI is InChI=1S/C18H15FIN3O4/c19-12-5-9(20)1-2-13(12)22-16-11-7-21-4-3-14(11)27-17(16)18(26)23-8-10(24)6-15(23)25/h1-5,7,10,15,22,24-25H,6,8H2/t10-,15?/m1/s1. The van der Waals surface area contributed by atoms with Gasteiger partial charge in [0.05, 0.1) is 17.2 Å². The van der Waals surface area contributed by atoms with Gasteiger partial charge in [-0.25, -0.2) is 4.39 Å². The zero-order valence-corrected chi connectivity index (χ0v) is 16.1. The van der Waals surface area contributed by atoms with Crippen LogP contribution in [0, 0.1) is 9.39 Å². The molecular weight excluding hydrogens is 468 g/mol. The summed E-state index contributed by atoms with van der Waals surface area (Å²) in [7, 11) is 0. The molecule has 3 N–H and O–H groups in total. The average Bonchev–Trinajstić information content (AvgIpc) is 3.16. The minimum Gasteiger partial charge on any atom is -0.448 e. The number of hydrogen-bond donors (Lipinski definition) is 3. The summed E-state index contributed by atoms with van der Waals surface area (Å²) in [5, 5.41) is 23.2. The molecule has 3 heterocycles. The summed E-state index contributed by atoms with van der Waals surface area (Å²) < 4.78 is 20.7. The Balaban J connectivity index is 1.79. The van der Waals surface area contributed by atoms with Crippen molar-refractivity contribution in [3.8, 4) is 0 Å². The van der Waals surface area contributed by atoms with E-state index in [1.807, 2.05) is 22.6 Å². The second-order valence-corrected chi connectivity index (χ2v) is 7.50. The lowest BCUT2D eigenvalue weighted by Crippen LogP contribution is -2.35. The maximum Gasteiger partial charge on any atom is 0.293 e. The predicted molar refractivity (Wildman–Crippen MR) is 104 cm³/mol. The van der Waals surface area contributed by atoms with E-state index in [0.29, 0.717) is 11.0 Å². The van der Waals surface area contributed by atoms with Crippen LogP contribution in [0.4, 0.5) is 15.8 Å². The van der Waals surface area contributed by atoms with Crippen LogP contribution in [0.1, 0.15) is 17.0 Å². The fourth-order valence-corrected chi connectivity index (χ4v) is 3.54. The Morgan fingerprint density at radius 3 is 2.89 bits per heavy atom. The van der Waals surface area contributed by atoms with Crippen molar-refractivity contribution in [3.63, 3.8) is 0 Å². The largest absolute Gasteiger partial charge is 0.448 e. The quantitative estimate of drug-likeness (QED) is 0.496.